The molecule has 1 aromatic carbocycles. The van der Waals surface area contributed by atoms with E-state index in [9.17, 15) is 9.90 Å². The highest BCUT2D eigenvalue weighted by molar-refractivity contribution is 5.64. The molecule has 0 radical (unpaired) electrons. The van der Waals surface area contributed by atoms with E-state index >= 15 is 0 Å². The molecule has 5 heteroatoms. The Labute approximate surface area is 93.4 Å². The van der Waals surface area contributed by atoms with E-state index in [2.05, 4.69) is 0 Å². The first kappa shape index (κ1) is 10.8. The normalized spacial score (nSPS) is 20.2. The zero-order valence-corrected chi connectivity index (χ0v) is 9.01. The largest absolute Gasteiger partial charge is 0.508 e. The molecule has 0 saturated heterocycles. The van der Waals surface area contributed by atoms with Gasteiger partial charge in [-0.3, -0.25) is 0 Å². The first-order valence-corrected chi connectivity index (χ1v) is 5.14. The summed E-state index contributed by atoms with van der Waals surface area (Å²) in [6.45, 7) is 2.51. The third-order valence-electron chi connectivity index (χ3n) is 2.82. The van der Waals surface area contributed by atoms with Crippen molar-refractivity contribution in [2.75, 3.05) is 6.54 Å². The van der Waals surface area contributed by atoms with E-state index < -0.39 is 6.09 Å². The first-order valence-electron chi connectivity index (χ1n) is 5.14. The number of carbonyl (C=O) groups excluding carboxylic acids is 1. The molecular formula is C11H14N2O3. The quantitative estimate of drug-likeness (QED) is 0.751. The highest BCUT2D eigenvalue weighted by Gasteiger charge is 2.26. The van der Waals surface area contributed by atoms with Crippen LogP contribution < -0.4 is 5.73 Å². The molecule has 0 aromatic heterocycles. The maximum atomic E-state index is 10.7. The van der Waals surface area contributed by atoms with Crippen molar-refractivity contribution in [1.82, 2.24) is 5.06 Å². The molecule has 2 rings (SSSR count). The molecule has 86 valence electrons. The lowest BCUT2D eigenvalue weighted by molar-refractivity contribution is -0.129. The average Bonchev–Trinajstić information content (AvgIpc) is 2.22. The van der Waals surface area contributed by atoms with Crippen molar-refractivity contribution < 1.29 is 14.7 Å². The topological polar surface area (TPSA) is 75.8 Å². The van der Waals surface area contributed by atoms with Crippen LogP contribution in [-0.4, -0.2) is 22.8 Å². The Morgan fingerprint density at radius 3 is 3.06 bits per heavy atom. The number of hydrogen-bond donors (Lipinski definition) is 2. The number of hydroxylamine groups is 2. The van der Waals surface area contributed by atoms with Crippen molar-refractivity contribution in [1.29, 1.82) is 0 Å². The molecule has 1 aliphatic heterocycles. The number of hydrogen-bond acceptors (Lipinski definition) is 4. The molecule has 1 atom stereocenters. The Kier molecular flexibility index (Phi) is 2.70. The second-order valence-corrected chi connectivity index (χ2v) is 3.86. The monoisotopic (exact) mass is 222 g/mol. The van der Waals surface area contributed by atoms with E-state index in [1.165, 1.54) is 0 Å². The van der Waals surface area contributed by atoms with E-state index in [-0.39, 0.29) is 11.8 Å². The lowest BCUT2D eigenvalue weighted by atomic mass is 9.95. The van der Waals surface area contributed by atoms with E-state index in [0.29, 0.717) is 6.54 Å². The van der Waals surface area contributed by atoms with Gasteiger partial charge in [0.05, 0.1) is 6.04 Å². The van der Waals surface area contributed by atoms with Gasteiger partial charge >= 0.3 is 6.09 Å². The predicted molar refractivity (Wildman–Crippen MR) is 57.6 cm³/mol. The lowest BCUT2D eigenvalue weighted by Crippen LogP contribution is -2.37. The summed E-state index contributed by atoms with van der Waals surface area (Å²) in [6.07, 6.45) is -0.0736. The van der Waals surface area contributed by atoms with Gasteiger partial charge in [0, 0.05) is 6.54 Å². The van der Waals surface area contributed by atoms with Gasteiger partial charge in [-0.05, 0) is 36.6 Å². The second-order valence-electron chi connectivity index (χ2n) is 3.86. The van der Waals surface area contributed by atoms with Crippen LogP contribution in [0.15, 0.2) is 18.2 Å². The summed E-state index contributed by atoms with van der Waals surface area (Å²) in [5.41, 5.74) is 7.11. The molecule has 0 spiro atoms. The molecule has 3 N–H and O–H groups in total. The number of benzene rings is 1. The van der Waals surface area contributed by atoms with Gasteiger partial charge in [-0.1, -0.05) is 6.07 Å². The number of amides is 1. The minimum absolute atomic E-state index is 0.0446. The van der Waals surface area contributed by atoms with Crippen LogP contribution >= 0.6 is 0 Å². The highest BCUT2D eigenvalue weighted by Crippen LogP contribution is 2.31. The number of fused-ring (bicyclic) bond motifs is 1. The van der Waals surface area contributed by atoms with Crippen molar-refractivity contribution in [3.05, 3.63) is 29.3 Å². The van der Waals surface area contributed by atoms with E-state index in [1.54, 1.807) is 17.2 Å². The van der Waals surface area contributed by atoms with Crippen molar-refractivity contribution >= 4 is 6.09 Å². The fourth-order valence-corrected chi connectivity index (χ4v) is 2.04. The Morgan fingerprint density at radius 2 is 2.38 bits per heavy atom. The van der Waals surface area contributed by atoms with E-state index in [0.717, 1.165) is 17.5 Å². The molecule has 1 unspecified atom stereocenters. The summed E-state index contributed by atoms with van der Waals surface area (Å²) in [4.78, 5) is 15.6. The number of carbonyl (C=O) groups is 1. The first-order chi connectivity index (χ1) is 7.58. The third kappa shape index (κ3) is 1.94. The number of phenols is 1. The summed E-state index contributed by atoms with van der Waals surface area (Å²) in [7, 11) is 0. The molecular weight excluding hydrogens is 208 g/mol. The summed E-state index contributed by atoms with van der Waals surface area (Å²) in [5, 5.41) is 10.9. The second kappa shape index (κ2) is 4.02. The van der Waals surface area contributed by atoms with E-state index in [4.69, 9.17) is 10.6 Å². The number of nitrogens with zero attached hydrogens (tertiary/aromatic N) is 1. The molecule has 1 amide bonds. The Bertz CT molecular complexity index is 420. The van der Waals surface area contributed by atoms with Crippen LogP contribution in [-0.2, 0) is 11.3 Å². The van der Waals surface area contributed by atoms with Crippen LogP contribution in [0.3, 0.4) is 0 Å². The summed E-state index contributed by atoms with van der Waals surface area (Å²) >= 11 is 0. The van der Waals surface area contributed by atoms with Gasteiger partial charge in [0.25, 0.3) is 0 Å². The fraction of sp³-hybridized carbons (Fsp3) is 0.364. The lowest BCUT2D eigenvalue weighted by Gasteiger charge is -2.32. The Balaban J connectivity index is 2.25. The number of nitrogens with two attached hydrogens (primary N) is 1. The maximum Gasteiger partial charge on any atom is 0.423 e. The fourth-order valence-electron chi connectivity index (χ4n) is 2.04. The third-order valence-corrected chi connectivity index (χ3v) is 2.82. The average molecular weight is 222 g/mol. The van der Waals surface area contributed by atoms with Crippen LogP contribution in [0.4, 0.5) is 4.79 Å². The minimum atomic E-state index is -0.797. The van der Waals surface area contributed by atoms with Crippen LogP contribution in [0.25, 0.3) is 0 Å². The van der Waals surface area contributed by atoms with Crippen LogP contribution in [0, 0.1) is 0 Å². The standard InChI is InChI=1S/C11H14N2O3/c1-7-10-3-2-9(14)6-8(10)4-5-13(7)16-11(12)15/h2-3,6-7,14H,4-5H2,1H3,(H2,12,15). The maximum absolute atomic E-state index is 10.7. The number of phenolic OH excluding ortho intramolecular Hbond substituents is 1. The van der Waals surface area contributed by atoms with Gasteiger partial charge in [-0.2, -0.15) is 0 Å². The summed E-state index contributed by atoms with van der Waals surface area (Å²) in [6, 6.07) is 5.17. The molecule has 1 heterocycles. The van der Waals surface area contributed by atoms with Gasteiger partial charge in [0.15, 0.2) is 0 Å². The predicted octanol–water partition coefficient (Wildman–Crippen LogP) is 1.32. The summed E-state index contributed by atoms with van der Waals surface area (Å²) < 4.78 is 0. The smallest absolute Gasteiger partial charge is 0.423 e. The van der Waals surface area contributed by atoms with Gasteiger partial charge in [-0.15, -0.1) is 5.06 Å². The van der Waals surface area contributed by atoms with Crippen molar-refractivity contribution in [2.45, 2.75) is 19.4 Å². The van der Waals surface area contributed by atoms with Gasteiger partial charge in [0.1, 0.15) is 5.75 Å². The highest BCUT2D eigenvalue weighted by atomic mass is 16.7. The number of aromatic hydroxyl groups is 1. The molecule has 0 saturated carbocycles. The zero-order chi connectivity index (χ0) is 11.7. The molecule has 5 nitrogen and oxygen atoms in total. The van der Waals surface area contributed by atoms with Crippen LogP contribution in [0.1, 0.15) is 24.1 Å². The van der Waals surface area contributed by atoms with Crippen molar-refractivity contribution in [2.24, 2.45) is 5.73 Å². The SMILES string of the molecule is CC1c2ccc(O)cc2CCN1OC(N)=O. The van der Waals surface area contributed by atoms with Gasteiger partial charge in [0.2, 0.25) is 0 Å². The Hall–Kier alpha value is -1.75. The van der Waals surface area contributed by atoms with E-state index in [1.807, 2.05) is 13.0 Å². The Morgan fingerprint density at radius 1 is 1.62 bits per heavy atom. The number of rotatable bonds is 1. The molecule has 1 aromatic rings. The summed E-state index contributed by atoms with van der Waals surface area (Å²) in [5.74, 6) is 0.259. The number of primary amides is 1. The molecule has 0 aliphatic carbocycles. The molecule has 16 heavy (non-hydrogen) atoms. The minimum Gasteiger partial charge on any atom is -0.508 e. The van der Waals surface area contributed by atoms with Gasteiger partial charge < -0.3 is 15.7 Å². The van der Waals surface area contributed by atoms with Gasteiger partial charge in [-0.25, -0.2) is 4.79 Å². The van der Waals surface area contributed by atoms with Crippen LogP contribution in [0.2, 0.25) is 0 Å². The van der Waals surface area contributed by atoms with Crippen molar-refractivity contribution in [3.63, 3.8) is 0 Å². The molecule has 0 fully saturated rings. The molecule has 0 bridgehead atoms. The van der Waals surface area contributed by atoms with Crippen molar-refractivity contribution in [3.8, 4) is 5.75 Å². The van der Waals surface area contributed by atoms with Crippen LogP contribution in [0.5, 0.6) is 5.75 Å². The zero-order valence-electron chi connectivity index (χ0n) is 9.01. The molecule has 1 aliphatic rings.